The largest absolute Gasteiger partial charge is 0.496 e. The summed E-state index contributed by atoms with van der Waals surface area (Å²) in [6.45, 7) is 2.14. The van der Waals surface area contributed by atoms with Gasteiger partial charge in [0.15, 0.2) is 0 Å². The maximum Gasteiger partial charge on any atom is 0.356 e. The number of hydrogen-bond acceptors (Lipinski definition) is 4. The van der Waals surface area contributed by atoms with Gasteiger partial charge in [0.2, 0.25) is 0 Å². The lowest BCUT2D eigenvalue weighted by Crippen LogP contribution is -2.09. The highest BCUT2D eigenvalue weighted by Crippen LogP contribution is 2.41. The number of ether oxygens (including phenoxy) is 2. The van der Waals surface area contributed by atoms with Crippen LogP contribution in [0.25, 0.3) is 11.1 Å². The number of aromatic nitrogens is 1. The molecular weight excluding hydrogens is 394 g/mol. The summed E-state index contributed by atoms with van der Waals surface area (Å²) in [4.78, 5) is 16.6. The van der Waals surface area contributed by atoms with Crippen molar-refractivity contribution in [3.05, 3.63) is 57.8 Å². The van der Waals surface area contributed by atoms with Crippen LogP contribution in [0.1, 0.15) is 54.4 Å². The first kappa shape index (κ1) is 18.6. The number of nitrogens with zero attached hydrogens (tertiary/aromatic N) is 1. The smallest absolute Gasteiger partial charge is 0.356 e. The fourth-order valence-electron chi connectivity index (χ4n) is 3.32. The monoisotopic (exact) mass is 415 g/mol. The van der Waals surface area contributed by atoms with Crippen molar-refractivity contribution in [3.63, 3.8) is 0 Å². The molecule has 1 aromatic heterocycles. The summed E-state index contributed by atoms with van der Waals surface area (Å²) in [5, 5.41) is 0. The Morgan fingerprint density at radius 1 is 1.15 bits per heavy atom. The summed E-state index contributed by atoms with van der Waals surface area (Å²) in [6.07, 6.45) is 4.14. The van der Waals surface area contributed by atoms with E-state index in [4.69, 9.17) is 9.47 Å². The van der Waals surface area contributed by atoms with Gasteiger partial charge in [0.25, 0.3) is 0 Å². The second-order valence-electron chi connectivity index (χ2n) is 6.14. The number of halogens is 1. The zero-order chi connectivity index (χ0) is 18.5. The summed E-state index contributed by atoms with van der Waals surface area (Å²) in [5.74, 6) is 0.469. The van der Waals surface area contributed by atoms with Gasteiger partial charge in [-0.1, -0.05) is 22.0 Å². The third-order valence-electron chi connectivity index (χ3n) is 4.50. The van der Waals surface area contributed by atoms with E-state index < -0.39 is 0 Å². The van der Waals surface area contributed by atoms with Gasteiger partial charge < -0.3 is 9.47 Å². The molecule has 4 nitrogen and oxygen atoms in total. The molecule has 1 heterocycles. The number of rotatable bonds is 5. The quantitative estimate of drug-likeness (QED) is 0.603. The first-order valence-corrected chi connectivity index (χ1v) is 9.63. The average Bonchev–Trinajstić information content (AvgIpc) is 2.68. The second kappa shape index (κ2) is 8.49. The first-order chi connectivity index (χ1) is 12.6. The molecule has 1 aliphatic carbocycles. The number of benzene rings is 1. The van der Waals surface area contributed by atoms with Crippen LogP contribution in [0.2, 0.25) is 0 Å². The topological polar surface area (TPSA) is 48.4 Å². The van der Waals surface area contributed by atoms with Crippen LogP contribution >= 0.6 is 15.9 Å². The fourth-order valence-corrected chi connectivity index (χ4v) is 3.68. The Balaban J connectivity index is 2.10. The van der Waals surface area contributed by atoms with Crippen molar-refractivity contribution in [2.45, 2.75) is 32.6 Å². The number of pyridine rings is 1. The van der Waals surface area contributed by atoms with Gasteiger partial charge >= 0.3 is 5.97 Å². The molecule has 3 rings (SSSR count). The minimum atomic E-state index is -0.382. The third-order valence-corrected chi connectivity index (χ3v) is 4.99. The molecule has 5 heteroatoms. The van der Waals surface area contributed by atoms with E-state index >= 15 is 0 Å². The number of carbonyl (C=O) groups is 1. The highest BCUT2D eigenvalue weighted by molar-refractivity contribution is 9.10. The standard InChI is InChI=1S/C21H22BrNO3/c1-3-26-21(24)19-10-6-9-18(23-19)16-8-5-4-7-15(16)17-13-14(22)11-12-20(17)25-2/h6,9-13H,3-5,7-8H2,1-2H3. The lowest BCUT2D eigenvalue weighted by Gasteiger charge is -2.22. The SMILES string of the molecule is CCOC(=O)c1cccc(C2=C(c3cc(Br)ccc3OC)CCCC2)n1. The van der Waals surface area contributed by atoms with Gasteiger partial charge in [-0.05, 0) is 74.1 Å². The Morgan fingerprint density at radius 2 is 1.92 bits per heavy atom. The molecule has 0 unspecified atom stereocenters. The number of hydrogen-bond donors (Lipinski definition) is 0. The van der Waals surface area contributed by atoms with Crippen LogP contribution in [-0.4, -0.2) is 24.7 Å². The summed E-state index contributed by atoms with van der Waals surface area (Å²) in [7, 11) is 1.69. The van der Waals surface area contributed by atoms with Gasteiger partial charge in [0.1, 0.15) is 11.4 Å². The van der Waals surface area contributed by atoms with E-state index in [-0.39, 0.29) is 5.97 Å². The summed E-state index contributed by atoms with van der Waals surface area (Å²) >= 11 is 3.56. The molecular formula is C21H22BrNO3. The summed E-state index contributed by atoms with van der Waals surface area (Å²) in [5.41, 5.74) is 4.69. The van der Waals surface area contributed by atoms with Gasteiger partial charge in [-0.25, -0.2) is 9.78 Å². The van der Waals surface area contributed by atoms with E-state index in [1.807, 2.05) is 24.3 Å². The van der Waals surface area contributed by atoms with E-state index in [9.17, 15) is 4.79 Å². The van der Waals surface area contributed by atoms with Gasteiger partial charge in [-0.2, -0.15) is 0 Å². The molecule has 136 valence electrons. The van der Waals surface area contributed by atoms with Crippen LogP contribution in [-0.2, 0) is 4.74 Å². The molecule has 0 spiro atoms. The third kappa shape index (κ3) is 3.98. The van der Waals surface area contributed by atoms with Gasteiger partial charge in [-0.3, -0.25) is 0 Å². The van der Waals surface area contributed by atoms with E-state index in [2.05, 4.69) is 27.0 Å². The summed E-state index contributed by atoms with van der Waals surface area (Å²) in [6, 6.07) is 11.6. The highest BCUT2D eigenvalue weighted by atomic mass is 79.9. The maximum atomic E-state index is 12.0. The van der Waals surface area contributed by atoms with Gasteiger partial charge in [0, 0.05) is 10.0 Å². The van der Waals surface area contributed by atoms with Crippen LogP contribution in [0.5, 0.6) is 5.75 Å². The van der Waals surface area contributed by atoms with E-state index in [0.717, 1.165) is 47.2 Å². The van der Waals surface area contributed by atoms with E-state index in [1.54, 1.807) is 20.1 Å². The van der Waals surface area contributed by atoms with Crippen LogP contribution in [0, 0.1) is 0 Å². The van der Waals surface area contributed by atoms with E-state index in [0.29, 0.717) is 12.3 Å². The first-order valence-electron chi connectivity index (χ1n) is 8.84. The second-order valence-corrected chi connectivity index (χ2v) is 7.05. The molecule has 0 bridgehead atoms. The van der Waals surface area contributed by atoms with Crippen molar-refractivity contribution >= 4 is 33.0 Å². The van der Waals surface area contributed by atoms with Crippen molar-refractivity contribution in [3.8, 4) is 5.75 Å². The molecule has 0 amide bonds. The van der Waals surface area contributed by atoms with Crippen molar-refractivity contribution in [2.24, 2.45) is 0 Å². The molecule has 26 heavy (non-hydrogen) atoms. The van der Waals surface area contributed by atoms with Gasteiger partial charge in [-0.15, -0.1) is 0 Å². The van der Waals surface area contributed by atoms with Crippen LogP contribution in [0.4, 0.5) is 0 Å². The van der Waals surface area contributed by atoms with Crippen LogP contribution in [0.3, 0.4) is 0 Å². The number of allylic oxidation sites excluding steroid dienone is 2. The Bertz CT molecular complexity index is 845. The molecule has 0 aliphatic heterocycles. The van der Waals surface area contributed by atoms with Crippen LogP contribution in [0.15, 0.2) is 40.9 Å². The van der Waals surface area contributed by atoms with Crippen molar-refractivity contribution in [2.75, 3.05) is 13.7 Å². The fraction of sp³-hybridized carbons (Fsp3) is 0.333. The molecule has 0 saturated heterocycles. The van der Waals surface area contributed by atoms with Crippen molar-refractivity contribution in [1.82, 2.24) is 4.98 Å². The molecule has 0 N–H and O–H groups in total. The lowest BCUT2D eigenvalue weighted by molar-refractivity contribution is 0.0519. The Morgan fingerprint density at radius 3 is 2.65 bits per heavy atom. The molecule has 1 aliphatic rings. The predicted octanol–water partition coefficient (Wildman–Crippen LogP) is 5.51. The van der Waals surface area contributed by atoms with Crippen molar-refractivity contribution < 1.29 is 14.3 Å². The highest BCUT2D eigenvalue weighted by Gasteiger charge is 2.21. The van der Waals surface area contributed by atoms with E-state index in [1.165, 1.54) is 11.1 Å². The number of methoxy groups -OCH3 is 1. The lowest BCUT2D eigenvalue weighted by atomic mass is 9.85. The predicted molar refractivity (Wildman–Crippen MR) is 106 cm³/mol. The van der Waals surface area contributed by atoms with Crippen LogP contribution < -0.4 is 4.74 Å². The van der Waals surface area contributed by atoms with Gasteiger partial charge in [0.05, 0.1) is 19.4 Å². The zero-order valence-electron chi connectivity index (χ0n) is 15.0. The molecule has 0 atom stereocenters. The number of esters is 1. The molecule has 0 saturated carbocycles. The Labute approximate surface area is 162 Å². The number of carbonyl (C=O) groups excluding carboxylic acids is 1. The average molecular weight is 416 g/mol. The molecule has 1 aromatic carbocycles. The molecule has 0 radical (unpaired) electrons. The normalized spacial score (nSPS) is 14.3. The Hall–Kier alpha value is -2.14. The summed E-state index contributed by atoms with van der Waals surface area (Å²) < 4.78 is 11.7. The Kier molecular flexibility index (Phi) is 6.09. The minimum absolute atomic E-state index is 0.341. The van der Waals surface area contributed by atoms with Crippen molar-refractivity contribution in [1.29, 1.82) is 0 Å². The zero-order valence-corrected chi connectivity index (χ0v) is 16.6. The maximum absolute atomic E-state index is 12.0. The molecule has 2 aromatic rings. The molecule has 0 fully saturated rings. The minimum Gasteiger partial charge on any atom is -0.496 e.